The number of methoxy groups -OCH3 is 1. The number of rotatable bonds is 2. The maximum Gasteiger partial charge on any atom is 0.308 e. The highest BCUT2D eigenvalue weighted by Crippen LogP contribution is 2.35. The molecular formula is C10H14N2O3. The summed E-state index contributed by atoms with van der Waals surface area (Å²) in [5.41, 5.74) is 0. The van der Waals surface area contributed by atoms with Gasteiger partial charge in [-0.1, -0.05) is 5.16 Å². The van der Waals surface area contributed by atoms with Crippen LogP contribution in [0.5, 0.6) is 0 Å². The Hall–Kier alpha value is -1.39. The molecule has 1 saturated carbocycles. The molecule has 1 aliphatic carbocycles. The van der Waals surface area contributed by atoms with Crippen molar-refractivity contribution in [1.82, 2.24) is 10.1 Å². The van der Waals surface area contributed by atoms with Gasteiger partial charge in [-0.2, -0.15) is 4.98 Å². The largest absolute Gasteiger partial charge is 0.469 e. The monoisotopic (exact) mass is 210 g/mol. The Balaban J connectivity index is 1.90. The molecule has 0 atom stereocenters. The van der Waals surface area contributed by atoms with Gasteiger partial charge in [-0.25, -0.2) is 0 Å². The van der Waals surface area contributed by atoms with Crippen LogP contribution in [-0.4, -0.2) is 23.2 Å². The van der Waals surface area contributed by atoms with E-state index in [1.807, 2.05) is 0 Å². The molecule has 0 N–H and O–H groups in total. The summed E-state index contributed by atoms with van der Waals surface area (Å²) in [6, 6.07) is 0. The number of nitrogens with zero attached hydrogens (tertiary/aromatic N) is 2. The predicted octanol–water partition coefficient (Wildman–Crippen LogP) is 1.52. The van der Waals surface area contributed by atoms with E-state index in [9.17, 15) is 4.79 Å². The number of esters is 1. The summed E-state index contributed by atoms with van der Waals surface area (Å²) in [6.07, 6.45) is 4.95. The summed E-state index contributed by atoms with van der Waals surface area (Å²) < 4.78 is 9.74. The van der Waals surface area contributed by atoms with Gasteiger partial charge in [0.25, 0.3) is 0 Å². The predicted molar refractivity (Wildman–Crippen MR) is 51.0 cm³/mol. The Labute approximate surface area is 87.8 Å². The molecule has 0 spiro atoms. The number of aromatic nitrogens is 2. The Morgan fingerprint density at radius 2 is 2.20 bits per heavy atom. The fourth-order valence-electron chi connectivity index (χ4n) is 2.10. The number of hydrogen-bond acceptors (Lipinski definition) is 5. The topological polar surface area (TPSA) is 65.2 Å². The number of hydrogen-bond donors (Lipinski definition) is 0. The lowest BCUT2D eigenvalue weighted by molar-refractivity contribution is -0.146. The zero-order valence-corrected chi connectivity index (χ0v) is 8.68. The molecule has 0 saturated heterocycles. The van der Waals surface area contributed by atoms with E-state index in [4.69, 9.17) is 9.26 Å². The normalized spacial score (nSPS) is 26.2. The lowest BCUT2D eigenvalue weighted by Gasteiger charge is -2.24. The van der Waals surface area contributed by atoms with Crippen LogP contribution in [0.4, 0.5) is 0 Å². The molecule has 0 radical (unpaired) electrons. The average Bonchev–Trinajstić information content (AvgIpc) is 2.82. The summed E-state index contributed by atoms with van der Waals surface area (Å²) in [5, 5.41) is 3.59. The van der Waals surface area contributed by atoms with Gasteiger partial charge in [-0.3, -0.25) is 4.79 Å². The highest BCUT2D eigenvalue weighted by atomic mass is 16.5. The van der Waals surface area contributed by atoms with Crippen molar-refractivity contribution in [3.8, 4) is 0 Å². The molecule has 5 heteroatoms. The van der Waals surface area contributed by atoms with Gasteiger partial charge in [0.1, 0.15) is 0 Å². The molecule has 0 aromatic carbocycles. The van der Waals surface area contributed by atoms with Crippen molar-refractivity contribution in [1.29, 1.82) is 0 Å². The van der Waals surface area contributed by atoms with Crippen LogP contribution in [0.1, 0.15) is 37.5 Å². The minimum atomic E-state index is -0.0982. The van der Waals surface area contributed by atoms with Gasteiger partial charge in [0, 0.05) is 5.92 Å². The molecule has 0 aliphatic heterocycles. The summed E-state index contributed by atoms with van der Waals surface area (Å²) in [6.45, 7) is 0. The quantitative estimate of drug-likeness (QED) is 0.692. The Morgan fingerprint density at radius 1 is 1.47 bits per heavy atom. The van der Waals surface area contributed by atoms with E-state index in [0.717, 1.165) is 25.7 Å². The van der Waals surface area contributed by atoms with Crippen LogP contribution < -0.4 is 0 Å². The second kappa shape index (κ2) is 4.42. The molecule has 1 aromatic rings. The number of carbonyl (C=O) groups excluding carboxylic acids is 1. The molecule has 1 aromatic heterocycles. The van der Waals surface area contributed by atoms with E-state index >= 15 is 0 Å². The first-order chi connectivity index (χ1) is 7.31. The third kappa shape index (κ3) is 2.16. The minimum absolute atomic E-state index is 0.0502. The van der Waals surface area contributed by atoms with Crippen LogP contribution in [0, 0.1) is 5.92 Å². The highest BCUT2D eigenvalue weighted by molar-refractivity contribution is 5.72. The number of ether oxygens (including phenoxy) is 1. The molecule has 0 bridgehead atoms. The maximum absolute atomic E-state index is 11.3. The summed E-state index contributed by atoms with van der Waals surface area (Å²) in [5.74, 6) is 0.958. The lowest BCUT2D eigenvalue weighted by atomic mass is 9.82. The first-order valence-electron chi connectivity index (χ1n) is 5.15. The summed E-state index contributed by atoms with van der Waals surface area (Å²) in [4.78, 5) is 15.3. The first kappa shape index (κ1) is 10.1. The van der Waals surface area contributed by atoms with Crippen LogP contribution in [0.25, 0.3) is 0 Å². The van der Waals surface area contributed by atoms with Crippen LogP contribution in [0.2, 0.25) is 0 Å². The Morgan fingerprint density at radius 3 is 2.73 bits per heavy atom. The van der Waals surface area contributed by atoms with Gasteiger partial charge in [-0.15, -0.1) is 0 Å². The molecule has 5 nitrogen and oxygen atoms in total. The van der Waals surface area contributed by atoms with Crippen LogP contribution in [0.15, 0.2) is 10.9 Å². The molecule has 15 heavy (non-hydrogen) atoms. The van der Waals surface area contributed by atoms with Gasteiger partial charge in [0.2, 0.25) is 5.89 Å². The SMILES string of the molecule is COC(=O)C1CCC(c2ncno2)CC1. The zero-order chi connectivity index (χ0) is 10.7. The second-order valence-electron chi connectivity index (χ2n) is 3.85. The van der Waals surface area contributed by atoms with Gasteiger partial charge in [0.05, 0.1) is 13.0 Å². The third-order valence-corrected chi connectivity index (χ3v) is 2.99. The van der Waals surface area contributed by atoms with E-state index in [2.05, 4.69) is 10.1 Å². The fraction of sp³-hybridized carbons (Fsp3) is 0.700. The Bertz CT molecular complexity index is 315. The van der Waals surface area contributed by atoms with Crippen LogP contribution >= 0.6 is 0 Å². The second-order valence-corrected chi connectivity index (χ2v) is 3.85. The standard InChI is InChI=1S/C10H14N2O3/c1-14-10(13)8-4-2-7(3-5-8)9-11-6-12-15-9/h6-8H,2-5H2,1H3. The lowest BCUT2D eigenvalue weighted by Crippen LogP contribution is -2.22. The maximum atomic E-state index is 11.3. The van der Waals surface area contributed by atoms with Gasteiger partial charge in [-0.05, 0) is 25.7 Å². The molecule has 82 valence electrons. The molecule has 0 unspecified atom stereocenters. The minimum Gasteiger partial charge on any atom is -0.469 e. The van der Waals surface area contributed by atoms with Crippen LogP contribution in [-0.2, 0) is 9.53 Å². The molecule has 1 aliphatic rings. The van der Waals surface area contributed by atoms with Crippen molar-refractivity contribution in [3.63, 3.8) is 0 Å². The third-order valence-electron chi connectivity index (χ3n) is 2.99. The van der Waals surface area contributed by atoms with Gasteiger partial charge < -0.3 is 9.26 Å². The van der Waals surface area contributed by atoms with Crippen molar-refractivity contribution < 1.29 is 14.1 Å². The summed E-state index contributed by atoms with van der Waals surface area (Å²) in [7, 11) is 1.44. The van der Waals surface area contributed by atoms with Crippen molar-refractivity contribution in [3.05, 3.63) is 12.2 Å². The molecular weight excluding hydrogens is 196 g/mol. The van der Waals surface area contributed by atoms with E-state index in [1.54, 1.807) is 0 Å². The highest BCUT2D eigenvalue weighted by Gasteiger charge is 2.29. The molecule has 1 heterocycles. The summed E-state index contributed by atoms with van der Waals surface area (Å²) >= 11 is 0. The number of carbonyl (C=O) groups is 1. The van der Waals surface area contributed by atoms with E-state index in [0.29, 0.717) is 11.8 Å². The fourth-order valence-corrected chi connectivity index (χ4v) is 2.10. The van der Waals surface area contributed by atoms with Gasteiger partial charge in [0.15, 0.2) is 6.33 Å². The van der Waals surface area contributed by atoms with Crippen molar-refractivity contribution >= 4 is 5.97 Å². The Kier molecular flexibility index (Phi) is 2.99. The smallest absolute Gasteiger partial charge is 0.308 e. The van der Waals surface area contributed by atoms with Crippen LogP contribution in [0.3, 0.4) is 0 Å². The van der Waals surface area contributed by atoms with E-state index < -0.39 is 0 Å². The van der Waals surface area contributed by atoms with E-state index in [1.165, 1.54) is 13.4 Å². The average molecular weight is 210 g/mol. The van der Waals surface area contributed by atoms with Crippen molar-refractivity contribution in [2.45, 2.75) is 31.6 Å². The van der Waals surface area contributed by atoms with Crippen molar-refractivity contribution in [2.24, 2.45) is 5.92 Å². The van der Waals surface area contributed by atoms with Gasteiger partial charge >= 0.3 is 5.97 Å². The molecule has 0 amide bonds. The molecule has 1 fully saturated rings. The van der Waals surface area contributed by atoms with Crippen molar-refractivity contribution in [2.75, 3.05) is 7.11 Å². The zero-order valence-electron chi connectivity index (χ0n) is 8.68. The van der Waals surface area contributed by atoms with E-state index in [-0.39, 0.29) is 11.9 Å². The molecule has 2 rings (SSSR count). The first-order valence-corrected chi connectivity index (χ1v) is 5.15.